The number of carbonyl (C=O) groups is 2. The third-order valence-electron chi connectivity index (χ3n) is 3.21. The van der Waals surface area contributed by atoms with E-state index >= 15 is 0 Å². The summed E-state index contributed by atoms with van der Waals surface area (Å²) in [6.45, 7) is 4.91. The summed E-state index contributed by atoms with van der Waals surface area (Å²) in [4.78, 5) is 24.0. The number of nitrogens with one attached hydrogen (secondary N) is 1. The minimum absolute atomic E-state index is 0.0135. The van der Waals surface area contributed by atoms with Crippen LogP contribution in [0, 0.1) is 17.6 Å². The molecule has 2 amide bonds. The SMILES string of the molecule is CC(CN(C)C(=O)NCC(C)(C)Oc1cc(F)cc(F)c1)C(=O)O. The van der Waals surface area contributed by atoms with Crippen molar-refractivity contribution in [1.82, 2.24) is 10.2 Å². The van der Waals surface area contributed by atoms with Crippen LogP contribution in [0.4, 0.5) is 13.6 Å². The normalized spacial score (nSPS) is 12.4. The van der Waals surface area contributed by atoms with Crippen molar-refractivity contribution in [3.63, 3.8) is 0 Å². The van der Waals surface area contributed by atoms with E-state index in [2.05, 4.69) is 5.32 Å². The van der Waals surface area contributed by atoms with Crippen molar-refractivity contribution in [3.05, 3.63) is 29.8 Å². The van der Waals surface area contributed by atoms with Gasteiger partial charge in [0, 0.05) is 31.8 Å². The van der Waals surface area contributed by atoms with Crippen LogP contribution in [0.25, 0.3) is 0 Å². The van der Waals surface area contributed by atoms with Gasteiger partial charge in [0.25, 0.3) is 0 Å². The number of carbonyl (C=O) groups excluding carboxylic acids is 1. The number of urea groups is 1. The largest absolute Gasteiger partial charge is 0.486 e. The summed E-state index contributed by atoms with van der Waals surface area (Å²) in [5, 5.41) is 11.4. The Morgan fingerprint density at radius 3 is 2.33 bits per heavy atom. The number of hydrogen-bond acceptors (Lipinski definition) is 3. The van der Waals surface area contributed by atoms with Crippen LogP contribution in [0.5, 0.6) is 5.75 Å². The first-order valence-electron chi connectivity index (χ1n) is 7.37. The maximum Gasteiger partial charge on any atom is 0.317 e. The van der Waals surface area contributed by atoms with Gasteiger partial charge in [0.1, 0.15) is 23.0 Å². The summed E-state index contributed by atoms with van der Waals surface area (Å²) in [6.07, 6.45) is 0. The highest BCUT2D eigenvalue weighted by atomic mass is 19.1. The molecule has 24 heavy (non-hydrogen) atoms. The molecule has 1 aromatic carbocycles. The second kappa shape index (κ2) is 7.94. The molecular formula is C16H22F2N2O4. The molecule has 1 aromatic rings. The first-order valence-corrected chi connectivity index (χ1v) is 7.37. The lowest BCUT2D eigenvalue weighted by molar-refractivity contribution is -0.141. The van der Waals surface area contributed by atoms with Gasteiger partial charge in [-0.05, 0) is 13.8 Å². The van der Waals surface area contributed by atoms with Crippen LogP contribution in [0.1, 0.15) is 20.8 Å². The minimum Gasteiger partial charge on any atom is -0.486 e. The van der Waals surface area contributed by atoms with Gasteiger partial charge in [-0.2, -0.15) is 0 Å². The molecule has 134 valence electrons. The minimum atomic E-state index is -0.994. The highest BCUT2D eigenvalue weighted by molar-refractivity contribution is 5.75. The van der Waals surface area contributed by atoms with Crippen molar-refractivity contribution >= 4 is 12.0 Å². The first kappa shape index (κ1) is 19.7. The summed E-state index contributed by atoms with van der Waals surface area (Å²) < 4.78 is 31.8. The van der Waals surface area contributed by atoms with Crippen molar-refractivity contribution < 1.29 is 28.2 Å². The molecule has 0 fully saturated rings. The van der Waals surface area contributed by atoms with Crippen LogP contribution >= 0.6 is 0 Å². The number of rotatable bonds is 7. The molecule has 0 aliphatic heterocycles. The Bertz CT molecular complexity index is 587. The molecule has 0 spiro atoms. The Labute approximate surface area is 139 Å². The molecule has 0 heterocycles. The monoisotopic (exact) mass is 344 g/mol. The molecule has 0 aromatic heterocycles. The molecule has 0 bridgehead atoms. The van der Waals surface area contributed by atoms with Crippen LogP contribution in [0.15, 0.2) is 18.2 Å². The van der Waals surface area contributed by atoms with Crippen molar-refractivity contribution in [3.8, 4) is 5.75 Å². The zero-order chi connectivity index (χ0) is 18.5. The van der Waals surface area contributed by atoms with Gasteiger partial charge in [-0.15, -0.1) is 0 Å². The van der Waals surface area contributed by atoms with Crippen LogP contribution in [0.3, 0.4) is 0 Å². The van der Waals surface area contributed by atoms with Gasteiger partial charge in [-0.1, -0.05) is 6.92 Å². The van der Waals surface area contributed by atoms with Gasteiger partial charge in [0.2, 0.25) is 0 Å². The number of nitrogens with zero attached hydrogens (tertiary/aromatic N) is 1. The van der Waals surface area contributed by atoms with Gasteiger partial charge < -0.3 is 20.1 Å². The molecule has 0 saturated heterocycles. The number of carboxylic acids is 1. The number of hydrogen-bond donors (Lipinski definition) is 2. The van der Waals surface area contributed by atoms with E-state index < -0.39 is 35.2 Å². The van der Waals surface area contributed by atoms with Crippen molar-refractivity contribution in [2.75, 3.05) is 20.1 Å². The Kier molecular flexibility index (Phi) is 6.51. The van der Waals surface area contributed by atoms with E-state index in [0.29, 0.717) is 0 Å². The highest BCUT2D eigenvalue weighted by Crippen LogP contribution is 2.20. The summed E-state index contributed by atoms with van der Waals surface area (Å²) in [5.74, 6) is -3.19. The third-order valence-corrected chi connectivity index (χ3v) is 3.21. The first-order chi connectivity index (χ1) is 11.0. The van der Waals surface area contributed by atoms with E-state index in [0.717, 1.165) is 18.2 Å². The third kappa shape index (κ3) is 6.39. The average molecular weight is 344 g/mol. The predicted octanol–water partition coefficient (Wildman–Crippen LogP) is 2.48. The molecule has 6 nitrogen and oxygen atoms in total. The lowest BCUT2D eigenvalue weighted by Crippen LogP contribution is -2.47. The molecule has 1 rings (SSSR count). The molecule has 1 atom stereocenters. The zero-order valence-corrected chi connectivity index (χ0v) is 14.1. The molecule has 0 aliphatic rings. The summed E-state index contributed by atoms with van der Waals surface area (Å²) in [7, 11) is 1.48. The second-order valence-corrected chi connectivity index (χ2v) is 6.25. The smallest absolute Gasteiger partial charge is 0.317 e. The quantitative estimate of drug-likeness (QED) is 0.796. The maximum absolute atomic E-state index is 13.2. The lowest BCUT2D eigenvalue weighted by Gasteiger charge is -2.28. The van der Waals surface area contributed by atoms with Gasteiger partial charge in [0.05, 0.1) is 12.5 Å². The lowest BCUT2D eigenvalue weighted by atomic mass is 10.1. The Hall–Kier alpha value is -2.38. The van der Waals surface area contributed by atoms with Crippen LogP contribution in [-0.4, -0.2) is 47.7 Å². The summed E-state index contributed by atoms with van der Waals surface area (Å²) >= 11 is 0. The van der Waals surface area contributed by atoms with E-state index in [9.17, 15) is 18.4 Å². The molecular weight excluding hydrogens is 322 g/mol. The van der Waals surface area contributed by atoms with E-state index in [1.807, 2.05) is 0 Å². The van der Waals surface area contributed by atoms with Crippen molar-refractivity contribution in [2.45, 2.75) is 26.4 Å². The topological polar surface area (TPSA) is 78.9 Å². The number of ether oxygens (including phenoxy) is 1. The van der Waals surface area contributed by atoms with E-state index in [1.165, 1.54) is 18.9 Å². The molecule has 0 saturated carbocycles. The van der Waals surface area contributed by atoms with Gasteiger partial charge >= 0.3 is 12.0 Å². The summed E-state index contributed by atoms with van der Waals surface area (Å²) in [5.41, 5.74) is -0.921. The molecule has 8 heteroatoms. The standard InChI is InChI=1S/C16H22F2N2O4/c1-10(14(21)22)8-20(4)15(23)19-9-16(2,3)24-13-6-11(17)5-12(18)7-13/h5-7,10H,8-9H2,1-4H3,(H,19,23)(H,21,22). The van der Waals surface area contributed by atoms with E-state index in [1.54, 1.807) is 13.8 Å². The van der Waals surface area contributed by atoms with Gasteiger partial charge in [-0.25, -0.2) is 13.6 Å². The zero-order valence-electron chi connectivity index (χ0n) is 14.1. The fraction of sp³-hybridized carbons (Fsp3) is 0.500. The number of halogens is 2. The fourth-order valence-electron chi connectivity index (χ4n) is 1.94. The van der Waals surface area contributed by atoms with E-state index in [4.69, 9.17) is 9.84 Å². The average Bonchev–Trinajstić information content (AvgIpc) is 2.42. The maximum atomic E-state index is 13.2. The van der Waals surface area contributed by atoms with Crippen molar-refractivity contribution in [1.29, 1.82) is 0 Å². The van der Waals surface area contributed by atoms with Crippen LogP contribution in [0.2, 0.25) is 0 Å². The van der Waals surface area contributed by atoms with Crippen molar-refractivity contribution in [2.24, 2.45) is 5.92 Å². The predicted molar refractivity (Wildman–Crippen MR) is 83.9 cm³/mol. The van der Waals surface area contributed by atoms with Gasteiger partial charge in [-0.3, -0.25) is 4.79 Å². The van der Waals surface area contributed by atoms with E-state index in [-0.39, 0.29) is 18.8 Å². The fourth-order valence-corrected chi connectivity index (χ4v) is 1.94. The van der Waals surface area contributed by atoms with Crippen LogP contribution < -0.4 is 10.1 Å². The molecule has 1 unspecified atom stereocenters. The Morgan fingerprint density at radius 1 is 1.29 bits per heavy atom. The van der Waals surface area contributed by atoms with Gasteiger partial charge in [0.15, 0.2) is 0 Å². The second-order valence-electron chi connectivity index (χ2n) is 6.25. The molecule has 0 radical (unpaired) electrons. The number of carboxylic acid groups (broad SMARTS) is 1. The highest BCUT2D eigenvalue weighted by Gasteiger charge is 2.23. The molecule has 0 aliphatic carbocycles. The number of amides is 2. The number of aliphatic carboxylic acids is 1. The van der Waals surface area contributed by atoms with Crippen LogP contribution in [-0.2, 0) is 4.79 Å². The summed E-state index contributed by atoms with van der Waals surface area (Å²) in [6, 6.07) is 2.37. The Balaban J connectivity index is 2.57. The number of benzene rings is 1. The molecule has 2 N–H and O–H groups in total. The Morgan fingerprint density at radius 2 is 1.83 bits per heavy atom.